The van der Waals surface area contributed by atoms with Crippen LogP contribution >= 0.6 is 0 Å². The van der Waals surface area contributed by atoms with E-state index >= 15 is 0 Å². The summed E-state index contributed by atoms with van der Waals surface area (Å²) in [5.41, 5.74) is 3.23. The van der Waals surface area contributed by atoms with Crippen molar-refractivity contribution in [2.24, 2.45) is 0 Å². The smallest absolute Gasteiger partial charge is 0.251 e. The molecule has 0 radical (unpaired) electrons. The third kappa shape index (κ3) is 4.60. The average molecular weight is 461 g/mol. The number of amides is 1. The molecule has 0 spiro atoms. The van der Waals surface area contributed by atoms with Crippen LogP contribution in [-0.4, -0.2) is 58.7 Å². The summed E-state index contributed by atoms with van der Waals surface area (Å²) in [6, 6.07) is 11.5. The first kappa shape index (κ1) is 22.0. The van der Waals surface area contributed by atoms with Crippen LogP contribution in [-0.2, 0) is 11.2 Å². The molecular weight excluding hydrogens is 435 g/mol. The molecule has 5 rings (SSSR count). The van der Waals surface area contributed by atoms with E-state index in [9.17, 15) is 9.18 Å². The summed E-state index contributed by atoms with van der Waals surface area (Å²) < 4.78 is 18.9. The van der Waals surface area contributed by atoms with Crippen molar-refractivity contribution in [2.75, 3.05) is 31.6 Å². The van der Waals surface area contributed by atoms with Crippen LogP contribution in [0.25, 0.3) is 22.3 Å². The maximum Gasteiger partial charge on any atom is 0.251 e. The molecule has 2 aromatic carbocycles. The van der Waals surface area contributed by atoms with Crippen molar-refractivity contribution < 1.29 is 13.9 Å². The van der Waals surface area contributed by atoms with Gasteiger partial charge in [-0.15, -0.1) is 0 Å². The van der Waals surface area contributed by atoms with Crippen molar-refractivity contribution in [3.05, 3.63) is 72.1 Å². The summed E-state index contributed by atoms with van der Waals surface area (Å²) in [6.45, 7) is 1.96. The largest absolute Gasteiger partial charge is 0.378 e. The summed E-state index contributed by atoms with van der Waals surface area (Å²) in [6.07, 6.45) is 5.20. The van der Waals surface area contributed by atoms with Crippen LogP contribution in [0.2, 0.25) is 0 Å². The molecule has 174 valence electrons. The van der Waals surface area contributed by atoms with Crippen LogP contribution in [0.5, 0.6) is 0 Å². The van der Waals surface area contributed by atoms with E-state index in [4.69, 9.17) is 14.7 Å². The van der Waals surface area contributed by atoms with Gasteiger partial charge in [0.05, 0.1) is 17.1 Å². The Kier molecular flexibility index (Phi) is 6.18. The van der Waals surface area contributed by atoms with Gasteiger partial charge < -0.3 is 19.9 Å². The number of aromatic amines is 1. The zero-order valence-electron chi connectivity index (χ0n) is 18.8. The summed E-state index contributed by atoms with van der Waals surface area (Å²) >= 11 is 0. The number of imidazole rings is 1. The predicted octanol–water partition coefficient (Wildman–Crippen LogP) is 3.36. The molecule has 1 aliphatic rings. The Hall–Kier alpha value is -3.85. The van der Waals surface area contributed by atoms with Gasteiger partial charge in [-0.3, -0.25) is 4.79 Å². The third-order valence-electron chi connectivity index (χ3n) is 5.94. The number of hydrogen-bond acceptors (Lipinski definition) is 6. The van der Waals surface area contributed by atoms with E-state index in [1.807, 2.05) is 6.07 Å². The van der Waals surface area contributed by atoms with Gasteiger partial charge >= 0.3 is 0 Å². The number of aryl methyl sites for hydroxylation is 1. The van der Waals surface area contributed by atoms with Gasteiger partial charge in [-0.2, -0.15) is 0 Å². The predicted molar refractivity (Wildman–Crippen MR) is 127 cm³/mol. The van der Waals surface area contributed by atoms with E-state index in [1.165, 1.54) is 12.1 Å². The molecule has 1 saturated heterocycles. The standard InChI is InChI=1S/C25H25FN6O2/c1-34-19-14-32(15-19)24-23(16-4-7-18(26)8-5-16)30-21-13-17(6-9-20(21)31-24)25(33)29-10-2-3-22-27-11-12-28-22/h4-9,11-13,19H,2-3,10,14-15H2,1H3,(H,27,28)(H,29,33). The van der Waals surface area contributed by atoms with E-state index in [2.05, 4.69) is 20.2 Å². The Balaban J connectivity index is 1.38. The number of methoxy groups -OCH3 is 1. The van der Waals surface area contributed by atoms with Gasteiger partial charge in [0.1, 0.15) is 17.3 Å². The monoisotopic (exact) mass is 460 g/mol. The van der Waals surface area contributed by atoms with Gasteiger partial charge in [0.2, 0.25) is 0 Å². The highest BCUT2D eigenvalue weighted by atomic mass is 19.1. The van der Waals surface area contributed by atoms with Crippen LogP contribution in [0.4, 0.5) is 10.2 Å². The van der Waals surface area contributed by atoms with Crippen molar-refractivity contribution in [1.29, 1.82) is 0 Å². The van der Waals surface area contributed by atoms with Crippen molar-refractivity contribution in [3.63, 3.8) is 0 Å². The van der Waals surface area contributed by atoms with Crippen molar-refractivity contribution in [1.82, 2.24) is 25.3 Å². The highest BCUT2D eigenvalue weighted by molar-refractivity contribution is 5.98. The number of carbonyl (C=O) groups is 1. The van der Waals surface area contributed by atoms with E-state index in [1.54, 1.807) is 43.8 Å². The fraction of sp³-hybridized carbons (Fsp3) is 0.280. The zero-order valence-corrected chi connectivity index (χ0v) is 18.8. The molecule has 2 N–H and O–H groups in total. The molecule has 34 heavy (non-hydrogen) atoms. The van der Waals surface area contributed by atoms with E-state index in [0.29, 0.717) is 41.9 Å². The molecule has 1 aliphatic heterocycles. The lowest BCUT2D eigenvalue weighted by Crippen LogP contribution is -2.52. The Morgan fingerprint density at radius 1 is 1.18 bits per heavy atom. The molecular formula is C25H25FN6O2. The fourth-order valence-corrected chi connectivity index (χ4v) is 3.96. The highest BCUT2D eigenvalue weighted by Gasteiger charge is 2.30. The minimum absolute atomic E-state index is 0.150. The number of carbonyl (C=O) groups excluding carboxylic acids is 1. The summed E-state index contributed by atoms with van der Waals surface area (Å²) in [5, 5.41) is 2.95. The maximum absolute atomic E-state index is 13.5. The number of hydrogen-bond donors (Lipinski definition) is 2. The Morgan fingerprint density at radius 3 is 2.74 bits per heavy atom. The van der Waals surface area contributed by atoms with Crippen LogP contribution < -0.4 is 10.2 Å². The van der Waals surface area contributed by atoms with Crippen molar-refractivity contribution in [3.8, 4) is 11.3 Å². The van der Waals surface area contributed by atoms with E-state index in [0.717, 1.165) is 30.0 Å². The first-order valence-electron chi connectivity index (χ1n) is 11.2. The minimum Gasteiger partial charge on any atom is -0.378 e. The molecule has 0 aliphatic carbocycles. The molecule has 9 heteroatoms. The molecule has 1 amide bonds. The number of anilines is 1. The first-order valence-corrected chi connectivity index (χ1v) is 11.2. The highest BCUT2D eigenvalue weighted by Crippen LogP contribution is 2.33. The lowest BCUT2D eigenvalue weighted by Gasteiger charge is -2.39. The second kappa shape index (κ2) is 9.56. The number of fused-ring (bicyclic) bond motifs is 1. The molecule has 4 aromatic rings. The molecule has 0 unspecified atom stereocenters. The molecule has 1 fully saturated rings. The number of benzene rings is 2. The van der Waals surface area contributed by atoms with Crippen molar-refractivity contribution >= 4 is 22.8 Å². The zero-order chi connectivity index (χ0) is 23.5. The first-order chi connectivity index (χ1) is 16.6. The molecule has 0 bridgehead atoms. The number of nitrogens with zero attached hydrogens (tertiary/aromatic N) is 4. The van der Waals surface area contributed by atoms with Crippen LogP contribution in [0.1, 0.15) is 22.6 Å². The van der Waals surface area contributed by atoms with Crippen molar-refractivity contribution in [2.45, 2.75) is 18.9 Å². The summed E-state index contributed by atoms with van der Waals surface area (Å²) in [7, 11) is 1.69. The molecule has 2 aromatic heterocycles. The number of halogens is 1. The molecule has 8 nitrogen and oxygen atoms in total. The van der Waals surface area contributed by atoms with Gasteiger partial charge in [-0.05, 0) is 48.9 Å². The van der Waals surface area contributed by atoms with Crippen LogP contribution in [0, 0.1) is 5.82 Å². The maximum atomic E-state index is 13.5. The van der Waals surface area contributed by atoms with Gasteiger partial charge in [0.15, 0.2) is 5.82 Å². The topological polar surface area (TPSA) is 96.0 Å². The number of rotatable bonds is 8. The normalized spacial score (nSPS) is 13.8. The Labute approximate surface area is 196 Å². The van der Waals surface area contributed by atoms with Gasteiger partial charge in [0, 0.05) is 56.7 Å². The molecule has 0 atom stereocenters. The number of nitrogens with one attached hydrogen (secondary N) is 2. The second-order valence-electron chi connectivity index (χ2n) is 8.26. The van der Waals surface area contributed by atoms with Gasteiger partial charge in [0.25, 0.3) is 5.91 Å². The minimum atomic E-state index is -0.312. The molecule has 3 heterocycles. The summed E-state index contributed by atoms with van der Waals surface area (Å²) in [5.74, 6) is 1.15. The molecule has 0 saturated carbocycles. The lowest BCUT2D eigenvalue weighted by molar-refractivity contribution is 0.0784. The van der Waals surface area contributed by atoms with Crippen LogP contribution in [0.15, 0.2) is 54.9 Å². The Morgan fingerprint density at radius 2 is 2.00 bits per heavy atom. The number of ether oxygens (including phenoxy) is 1. The van der Waals surface area contributed by atoms with E-state index < -0.39 is 0 Å². The number of aromatic nitrogens is 4. The Bertz CT molecular complexity index is 1290. The average Bonchev–Trinajstić information content (AvgIpc) is 3.34. The summed E-state index contributed by atoms with van der Waals surface area (Å²) in [4.78, 5) is 31.7. The quantitative estimate of drug-likeness (QED) is 0.392. The number of H-pyrrole nitrogens is 1. The van der Waals surface area contributed by atoms with Crippen LogP contribution in [0.3, 0.4) is 0 Å². The van der Waals surface area contributed by atoms with Gasteiger partial charge in [-0.1, -0.05) is 0 Å². The lowest BCUT2D eigenvalue weighted by atomic mass is 10.1. The van der Waals surface area contributed by atoms with E-state index in [-0.39, 0.29) is 17.8 Å². The second-order valence-corrected chi connectivity index (χ2v) is 8.26. The van der Waals surface area contributed by atoms with Gasteiger partial charge in [-0.25, -0.2) is 19.3 Å². The third-order valence-corrected chi connectivity index (χ3v) is 5.94. The SMILES string of the molecule is COC1CN(c2nc3ccc(C(=O)NCCCc4ncc[nH]4)cc3nc2-c2ccc(F)cc2)C1. The fourth-order valence-electron chi connectivity index (χ4n) is 3.96.